The van der Waals surface area contributed by atoms with E-state index in [1.54, 1.807) is 0 Å². The van der Waals surface area contributed by atoms with Crippen molar-refractivity contribution in [3.05, 3.63) is 59.7 Å². The Kier molecular flexibility index (Phi) is 61.1. The molecule has 0 amide bonds. The van der Waals surface area contributed by atoms with Gasteiger partial charge in [-0.05, 0) is 121 Å². The molecule has 0 unspecified atom stereocenters. The predicted octanol–water partition coefficient (Wildman–Crippen LogP) is 7.63. The molecule has 0 aliphatic heterocycles. The SMILES string of the molecule is CC(C)(C)CC(C)(C)c1ccc(OCCOCCOCCOCCOCCOCCOCCOCCOCCOCCC[Si](C)(C)O[Si](C)(C)CCCOCCOCCOCCOCCOCCOCCOCCOCCOCCOc2ccc(C(C)(C)CC(C)(C)C)cc2)cc1.[BH4-].[Na+]. The van der Waals surface area contributed by atoms with E-state index in [1.807, 2.05) is 24.3 Å². The number of ether oxygens (including phenoxy) is 20. The van der Waals surface area contributed by atoms with Crippen LogP contribution in [0.1, 0.15) is 106 Å². The van der Waals surface area contributed by atoms with Crippen LogP contribution in [-0.2, 0) is 100 Å². The molecule has 2 aromatic rings. The van der Waals surface area contributed by atoms with E-state index in [0.29, 0.717) is 251 Å². The van der Waals surface area contributed by atoms with Crippen molar-refractivity contribution in [2.24, 2.45) is 10.8 Å². The van der Waals surface area contributed by atoms with Crippen LogP contribution in [0.5, 0.6) is 11.5 Å². The molecule has 0 spiro atoms. The van der Waals surface area contributed by atoms with Gasteiger partial charge in [0.2, 0.25) is 0 Å². The average molecular weight is 1460 g/mol. The number of hydrogen-bond donors (Lipinski definition) is 0. The minimum Gasteiger partial charge on any atom is -0.491 e. The van der Waals surface area contributed by atoms with Gasteiger partial charge in [0.1, 0.15) is 24.7 Å². The minimum atomic E-state index is -1.81. The Labute approximate surface area is 626 Å². The number of hydrogen-bond acceptors (Lipinski definition) is 21. The van der Waals surface area contributed by atoms with Gasteiger partial charge in [0.25, 0.3) is 0 Å². The van der Waals surface area contributed by atoms with Crippen molar-refractivity contribution in [1.29, 1.82) is 0 Å². The number of rotatable bonds is 70. The molecule has 25 heteroatoms. The molecule has 0 aromatic heterocycles. The molecule has 2 rings (SSSR count). The Bertz CT molecular complexity index is 1930. The van der Waals surface area contributed by atoms with Gasteiger partial charge in [-0.2, -0.15) is 0 Å². The predicted molar refractivity (Wildman–Crippen MR) is 399 cm³/mol. The summed E-state index contributed by atoms with van der Waals surface area (Å²) < 4.78 is 120. The summed E-state index contributed by atoms with van der Waals surface area (Å²) in [5, 5.41) is 0. The van der Waals surface area contributed by atoms with Crippen molar-refractivity contribution in [2.75, 3.05) is 251 Å². The van der Waals surface area contributed by atoms with E-state index in [1.165, 1.54) is 11.1 Å². The fraction of sp³-hybridized carbons (Fsp3) is 0.838. The normalized spacial score (nSPS) is 12.5. The smallest absolute Gasteiger partial charge is 0.491 e. The molecule has 0 aliphatic rings. The van der Waals surface area contributed by atoms with E-state index in [-0.39, 0.29) is 59.6 Å². The van der Waals surface area contributed by atoms with Crippen molar-refractivity contribution in [3.63, 3.8) is 0 Å². The molecular weight excluding hydrogens is 1310 g/mol. The first-order valence-corrected chi connectivity index (χ1v) is 42.3. The first-order chi connectivity index (χ1) is 46.5. The quantitative estimate of drug-likeness (QED) is 0.0463. The number of benzene rings is 2. The fourth-order valence-electron chi connectivity index (χ4n) is 11.1. The van der Waals surface area contributed by atoms with Crippen molar-refractivity contribution >= 4 is 25.0 Å². The molecule has 0 saturated carbocycles. The maximum absolute atomic E-state index is 6.82. The van der Waals surface area contributed by atoms with Gasteiger partial charge in [-0.15, -0.1) is 0 Å². The van der Waals surface area contributed by atoms with Crippen LogP contribution in [0.2, 0.25) is 38.3 Å². The molecule has 21 nitrogen and oxygen atoms in total. The van der Waals surface area contributed by atoms with Crippen LogP contribution in [0.4, 0.5) is 0 Å². The molecule has 576 valence electrons. The molecule has 0 heterocycles. The summed E-state index contributed by atoms with van der Waals surface area (Å²) in [5.74, 6) is 1.72. The zero-order valence-electron chi connectivity index (χ0n) is 64.3. The third kappa shape index (κ3) is 61.6. The third-order valence-electron chi connectivity index (χ3n) is 14.8. The van der Waals surface area contributed by atoms with Crippen LogP contribution >= 0.6 is 0 Å². The van der Waals surface area contributed by atoms with Gasteiger partial charge < -0.3 is 98.9 Å². The zero-order chi connectivity index (χ0) is 70.9. The van der Waals surface area contributed by atoms with Crippen molar-refractivity contribution in [2.45, 2.75) is 144 Å². The van der Waals surface area contributed by atoms with Crippen LogP contribution in [0.3, 0.4) is 0 Å². The topological polar surface area (TPSA) is 194 Å². The minimum absolute atomic E-state index is 0. The molecule has 0 radical (unpaired) electrons. The van der Waals surface area contributed by atoms with E-state index in [2.05, 4.69) is 120 Å². The maximum Gasteiger partial charge on any atom is 1.00 e. The van der Waals surface area contributed by atoms with Crippen LogP contribution < -0.4 is 39.0 Å². The Morgan fingerprint density at radius 1 is 0.242 bits per heavy atom. The summed E-state index contributed by atoms with van der Waals surface area (Å²) >= 11 is 0. The monoisotopic (exact) mass is 1460 g/mol. The third-order valence-corrected chi connectivity index (χ3v) is 22.4. The van der Waals surface area contributed by atoms with E-state index < -0.39 is 16.6 Å². The molecule has 0 atom stereocenters. The van der Waals surface area contributed by atoms with Crippen molar-refractivity contribution < 1.29 is 128 Å². The second-order valence-electron chi connectivity index (χ2n) is 28.8. The molecule has 2 aromatic carbocycles. The molecule has 0 N–H and O–H groups in total. The molecule has 0 saturated heterocycles. The largest absolute Gasteiger partial charge is 1.00 e. The summed E-state index contributed by atoms with van der Waals surface area (Å²) in [6.45, 7) is 52.0. The summed E-state index contributed by atoms with van der Waals surface area (Å²) in [5.41, 5.74) is 3.43. The standard InChI is InChI=1S/C74H138O21Si2.BH4.Na/c1-71(2,3)65-73(7,8)67-17-21-69(22-18-67)93-61-59-91-57-55-89-53-51-87-49-47-85-45-43-83-41-39-81-37-35-79-33-31-77-29-27-75-25-15-63-96(11,12)95-97(13,14)64-16-26-76-28-30-78-32-34-80-36-38-82-40-42-84-44-46-86-48-50-88-52-54-90-56-58-92-60-62-94-70-23-19-68(20-24-70)74(9,10)66-72(4,5)6;;/h17-24H,15-16,25-66H2,1-14H3;1H4;/q;-1;+1. The molecule has 0 bridgehead atoms. The molecular formula is C74H142BNaO21Si2. The van der Waals surface area contributed by atoms with Gasteiger partial charge in [0, 0.05) is 13.2 Å². The van der Waals surface area contributed by atoms with Crippen LogP contribution in [-0.4, -0.2) is 276 Å². The van der Waals surface area contributed by atoms with Gasteiger partial charge in [0.05, 0.1) is 225 Å². The first-order valence-electron chi connectivity index (χ1n) is 36.1. The van der Waals surface area contributed by atoms with Crippen LogP contribution in [0.15, 0.2) is 48.5 Å². The summed E-state index contributed by atoms with van der Waals surface area (Å²) in [6, 6.07) is 19.0. The van der Waals surface area contributed by atoms with Gasteiger partial charge in [-0.25, -0.2) is 0 Å². The molecule has 99 heavy (non-hydrogen) atoms. The summed E-state index contributed by atoms with van der Waals surface area (Å²) in [7, 11) is -3.61. The second-order valence-corrected chi connectivity index (χ2v) is 37.7. The van der Waals surface area contributed by atoms with E-state index in [9.17, 15) is 0 Å². The van der Waals surface area contributed by atoms with E-state index >= 15 is 0 Å². The van der Waals surface area contributed by atoms with Gasteiger partial charge in [-0.1, -0.05) is 102 Å². The Hall–Kier alpha value is -1.22. The summed E-state index contributed by atoms with van der Waals surface area (Å²) in [6.07, 6.45) is 4.20. The maximum atomic E-state index is 6.82. The molecule has 0 fully saturated rings. The first kappa shape index (κ1) is 97.8. The van der Waals surface area contributed by atoms with Crippen LogP contribution in [0, 0.1) is 10.8 Å². The van der Waals surface area contributed by atoms with Crippen molar-refractivity contribution in [3.8, 4) is 11.5 Å². The van der Waals surface area contributed by atoms with Gasteiger partial charge in [0.15, 0.2) is 16.6 Å². The molecule has 0 aliphatic carbocycles. The Morgan fingerprint density at radius 2 is 0.404 bits per heavy atom. The van der Waals surface area contributed by atoms with Crippen molar-refractivity contribution in [1.82, 2.24) is 0 Å². The zero-order valence-corrected chi connectivity index (χ0v) is 68.3. The second kappa shape index (κ2) is 61.9. The Morgan fingerprint density at radius 3 is 0.576 bits per heavy atom. The Balaban J connectivity index is 0.0000480. The summed E-state index contributed by atoms with van der Waals surface area (Å²) in [4.78, 5) is 0. The average Bonchev–Trinajstić information content (AvgIpc) is 0.842. The van der Waals surface area contributed by atoms with Gasteiger partial charge in [-0.3, -0.25) is 0 Å². The van der Waals surface area contributed by atoms with Crippen LogP contribution in [0.25, 0.3) is 0 Å². The van der Waals surface area contributed by atoms with Gasteiger partial charge >= 0.3 is 29.6 Å². The fourth-order valence-corrected chi connectivity index (χ4v) is 19.9. The van der Waals surface area contributed by atoms with E-state index in [4.69, 9.17) is 98.9 Å². The van der Waals surface area contributed by atoms with E-state index in [0.717, 1.165) is 49.3 Å².